The molecule has 0 aliphatic rings. The number of fused-ring (bicyclic) bond motifs is 2. The van der Waals surface area contributed by atoms with E-state index < -0.39 is 144 Å². The maximum Gasteiger partial charge on any atom is 0.633 e. The lowest BCUT2D eigenvalue weighted by Crippen LogP contribution is -2.44. The van der Waals surface area contributed by atoms with Crippen molar-refractivity contribution in [2.45, 2.75) is 0 Å². The lowest BCUT2D eigenvalue weighted by Gasteiger charge is -2.23. The van der Waals surface area contributed by atoms with Gasteiger partial charge in [-0.05, 0) is 35.7 Å². The molecule has 6 rings (SSSR count). The fourth-order valence-corrected chi connectivity index (χ4v) is 5.14. The predicted molar refractivity (Wildman–Crippen MR) is 146 cm³/mol. The van der Waals surface area contributed by atoms with E-state index in [-0.39, 0.29) is 6.07 Å². The van der Waals surface area contributed by atoms with E-state index >= 15 is 8.78 Å². The molecule has 6 aromatic rings. The average molecular weight is 720 g/mol. The maximum atomic E-state index is 15.5. The molecule has 0 aliphatic heterocycles. The molecule has 0 atom stereocenters. The molecule has 18 heteroatoms. The SMILES string of the molecule is Fc1cc(F)c2c(F)ccc(OB(Oc3c(F)c(F)c(F)c(F)c3-c3c(F)c(F)c(F)c(F)c3F)c3ccc(F)c4c(F)c(F)ccc34)c2c1. The first kappa shape index (κ1) is 34.3. The minimum absolute atomic E-state index is 0.240. The van der Waals surface area contributed by atoms with E-state index in [1.165, 1.54) is 0 Å². The second-order valence-corrected chi connectivity index (χ2v) is 10.2. The average Bonchev–Trinajstić information content (AvgIpc) is 3.07. The topological polar surface area (TPSA) is 18.5 Å². The Morgan fingerprint density at radius 2 is 0.900 bits per heavy atom. The lowest BCUT2D eigenvalue weighted by molar-refractivity contribution is 0.367. The van der Waals surface area contributed by atoms with Crippen LogP contribution in [0.4, 0.5) is 65.9 Å². The van der Waals surface area contributed by atoms with Crippen molar-refractivity contribution < 1.29 is 75.2 Å². The molecule has 0 fully saturated rings. The Bertz CT molecular complexity index is 2390. The lowest BCUT2D eigenvalue weighted by atomic mass is 9.75. The summed E-state index contributed by atoms with van der Waals surface area (Å²) >= 11 is 0. The van der Waals surface area contributed by atoms with Crippen LogP contribution in [0, 0.1) is 87.3 Å². The van der Waals surface area contributed by atoms with Crippen LogP contribution in [0.2, 0.25) is 0 Å². The Kier molecular flexibility index (Phi) is 8.52. The van der Waals surface area contributed by atoms with Gasteiger partial charge in [0.1, 0.15) is 29.0 Å². The zero-order valence-electron chi connectivity index (χ0n) is 23.7. The van der Waals surface area contributed by atoms with Gasteiger partial charge in [-0.3, -0.25) is 0 Å². The van der Waals surface area contributed by atoms with Gasteiger partial charge in [0.2, 0.25) is 17.5 Å². The Hall–Kier alpha value is -5.55. The number of benzene rings is 6. The number of hydrogen-bond acceptors (Lipinski definition) is 2. The van der Waals surface area contributed by atoms with Gasteiger partial charge in [-0.1, -0.05) is 12.1 Å². The van der Waals surface area contributed by atoms with Gasteiger partial charge < -0.3 is 9.31 Å². The molecular weight excluding hydrogens is 712 g/mol. The van der Waals surface area contributed by atoms with E-state index in [0.717, 1.165) is 0 Å². The summed E-state index contributed by atoms with van der Waals surface area (Å²) in [5.74, 6) is -37.4. The number of hydrogen-bond donors (Lipinski definition) is 0. The molecule has 0 aliphatic carbocycles. The summed E-state index contributed by atoms with van der Waals surface area (Å²) in [6.07, 6.45) is 0. The van der Waals surface area contributed by atoms with E-state index in [1.807, 2.05) is 0 Å². The molecule has 0 bridgehead atoms. The minimum atomic E-state index is -2.84. The number of halogens is 15. The van der Waals surface area contributed by atoms with Gasteiger partial charge in [-0.15, -0.1) is 0 Å². The van der Waals surface area contributed by atoms with Crippen LogP contribution in [0.15, 0.2) is 48.5 Å². The molecule has 256 valence electrons. The second kappa shape index (κ2) is 12.4. The first-order valence-corrected chi connectivity index (χ1v) is 13.4. The normalized spacial score (nSPS) is 11.5. The highest BCUT2D eigenvalue weighted by Gasteiger charge is 2.39. The van der Waals surface area contributed by atoms with Crippen LogP contribution in [-0.2, 0) is 0 Å². The van der Waals surface area contributed by atoms with Crippen molar-refractivity contribution in [3.8, 4) is 22.6 Å². The van der Waals surface area contributed by atoms with Gasteiger partial charge in [0.15, 0.2) is 52.3 Å². The summed E-state index contributed by atoms with van der Waals surface area (Å²) in [7, 11) is -2.73. The van der Waals surface area contributed by atoms with Crippen LogP contribution in [0.25, 0.3) is 32.7 Å². The van der Waals surface area contributed by atoms with Crippen molar-refractivity contribution in [2.24, 2.45) is 0 Å². The standard InChI is InChI=1S/C32H8BF15O2/c34-9-7-11-17(6-5-13(35)18(11)16(38)8-9)49-33(12-2-4-14(36)19-10(12)1-3-15(37)22(19)39)50-32-21(25(42)28(45)30(47)31(32)48)20-23(40)26(43)29(46)27(44)24(20)41/h1-8H. The summed E-state index contributed by atoms with van der Waals surface area (Å²) in [5, 5.41) is -3.68. The molecule has 0 saturated carbocycles. The Morgan fingerprint density at radius 3 is 1.54 bits per heavy atom. The molecule has 0 N–H and O–H groups in total. The third-order valence-corrected chi connectivity index (χ3v) is 7.39. The van der Waals surface area contributed by atoms with Gasteiger partial charge in [0.05, 0.1) is 21.9 Å². The zero-order valence-corrected chi connectivity index (χ0v) is 23.7. The predicted octanol–water partition coefficient (Wildman–Crippen LogP) is 9.60. The summed E-state index contributed by atoms with van der Waals surface area (Å²) in [5.41, 5.74) is -5.46. The van der Waals surface area contributed by atoms with Crippen molar-refractivity contribution in [2.75, 3.05) is 0 Å². The Balaban J connectivity index is 1.69. The summed E-state index contributed by atoms with van der Waals surface area (Å²) in [6.45, 7) is 0. The molecule has 0 spiro atoms. The van der Waals surface area contributed by atoms with E-state index in [0.29, 0.717) is 42.5 Å². The summed E-state index contributed by atoms with van der Waals surface area (Å²) < 4.78 is 230. The fourth-order valence-electron chi connectivity index (χ4n) is 5.14. The summed E-state index contributed by atoms with van der Waals surface area (Å²) in [4.78, 5) is 0. The smallest absolute Gasteiger partial charge is 0.521 e. The quantitative estimate of drug-likeness (QED) is 0.0739. The van der Waals surface area contributed by atoms with Gasteiger partial charge in [0.25, 0.3) is 0 Å². The Labute approximate surface area is 268 Å². The molecule has 6 aromatic carbocycles. The molecule has 50 heavy (non-hydrogen) atoms. The highest BCUT2D eigenvalue weighted by molar-refractivity contribution is 6.66. The minimum Gasteiger partial charge on any atom is -0.521 e. The molecular formula is C32H8BF15O2. The highest BCUT2D eigenvalue weighted by Crippen LogP contribution is 2.43. The van der Waals surface area contributed by atoms with Crippen LogP contribution in [0.1, 0.15) is 0 Å². The molecule has 0 saturated heterocycles. The molecule has 0 aromatic heterocycles. The van der Waals surface area contributed by atoms with E-state index in [1.54, 1.807) is 0 Å². The largest absolute Gasteiger partial charge is 0.633 e. The molecule has 0 heterocycles. The third-order valence-electron chi connectivity index (χ3n) is 7.39. The van der Waals surface area contributed by atoms with Crippen molar-refractivity contribution in [1.29, 1.82) is 0 Å². The zero-order chi connectivity index (χ0) is 36.5. The first-order valence-electron chi connectivity index (χ1n) is 13.4. The van der Waals surface area contributed by atoms with Gasteiger partial charge in [-0.25, -0.2) is 61.5 Å². The van der Waals surface area contributed by atoms with Crippen LogP contribution in [0.5, 0.6) is 11.5 Å². The van der Waals surface area contributed by atoms with Gasteiger partial charge in [-0.2, -0.15) is 4.39 Å². The van der Waals surface area contributed by atoms with Crippen molar-refractivity contribution >= 4 is 34.1 Å². The van der Waals surface area contributed by atoms with Crippen LogP contribution < -0.4 is 14.8 Å². The molecule has 0 unspecified atom stereocenters. The van der Waals surface area contributed by atoms with E-state index in [4.69, 9.17) is 9.31 Å². The van der Waals surface area contributed by atoms with Gasteiger partial charge >= 0.3 is 7.12 Å². The van der Waals surface area contributed by atoms with Crippen molar-refractivity contribution in [3.05, 3.63) is 136 Å². The number of rotatable bonds is 6. The molecule has 2 nitrogen and oxygen atoms in total. The summed E-state index contributed by atoms with van der Waals surface area (Å²) in [6, 6.07) is 3.98. The van der Waals surface area contributed by atoms with Crippen molar-refractivity contribution in [3.63, 3.8) is 0 Å². The second-order valence-electron chi connectivity index (χ2n) is 10.2. The maximum absolute atomic E-state index is 15.5. The van der Waals surface area contributed by atoms with E-state index in [2.05, 4.69) is 0 Å². The van der Waals surface area contributed by atoms with Crippen LogP contribution in [-0.4, -0.2) is 7.12 Å². The highest BCUT2D eigenvalue weighted by atomic mass is 19.2. The molecule has 0 amide bonds. The van der Waals surface area contributed by atoms with Crippen LogP contribution in [0.3, 0.4) is 0 Å². The van der Waals surface area contributed by atoms with Crippen LogP contribution >= 0.6 is 0 Å². The van der Waals surface area contributed by atoms with Crippen molar-refractivity contribution in [1.82, 2.24) is 0 Å². The Morgan fingerprint density at radius 1 is 0.380 bits per heavy atom. The third kappa shape index (κ3) is 5.29. The monoisotopic (exact) mass is 720 g/mol. The van der Waals surface area contributed by atoms with Gasteiger partial charge in [0, 0.05) is 16.9 Å². The first-order chi connectivity index (χ1) is 23.5. The molecule has 0 radical (unpaired) electrons. The fraction of sp³-hybridized carbons (Fsp3) is 0. The van der Waals surface area contributed by atoms with E-state index in [9.17, 15) is 57.1 Å².